The first-order valence-electron chi connectivity index (χ1n) is 8.72. The zero-order valence-electron chi connectivity index (χ0n) is 15.6. The molecule has 0 aliphatic carbocycles. The van der Waals surface area contributed by atoms with Crippen LogP contribution in [0, 0.1) is 0 Å². The first kappa shape index (κ1) is 17.0. The third-order valence-electron chi connectivity index (χ3n) is 4.72. The summed E-state index contributed by atoms with van der Waals surface area (Å²) in [5, 5.41) is 1.14. The lowest BCUT2D eigenvalue weighted by molar-refractivity contribution is 0.324. The Balaban J connectivity index is 1.91. The van der Waals surface area contributed by atoms with Crippen LogP contribution in [0.3, 0.4) is 0 Å². The molecule has 0 aliphatic heterocycles. The van der Waals surface area contributed by atoms with Crippen LogP contribution in [0.2, 0.25) is 0 Å². The van der Waals surface area contributed by atoms with Crippen LogP contribution in [0.15, 0.2) is 66.7 Å². The third-order valence-corrected chi connectivity index (χ3v) is 4.72. The summed E-state index contributed by atoms with van der Waals surface area (Å²) in [7, 11) is 4.87. The number of fused-ring (bicyclic) bond motifs is 1. The normalized spacial score (nSPS) is 10.8. The van der Waals surface area contributed by atoms with Crippen molar-refractivity contribution in [2.75, 3.05) is 21.3 Å². The summed E-state index contributed by atoms with van der Waals surface area (Å²) in [4.78, 5) is 3.51. The van der Waals surface area contributed by atoms with Gasteiger partial charge in [-0.05, 0) is 41.0 Å². The lowest BCUT2D eigenvalue weighted by Crippen LogP contribution is -1.95. The molecule has 1 heterocycles. The zero-order chi connectivity index (χ0) is 18.8. The van der Waals surface area contributed by atoms with Gasteiger partial charge in [0.05, 0.1) is 21.3 Å². The molecule has 136 valence electrons. The van der Waals surface area contributed by atoms with E-state index in [0.717, 1.165) is 33.3 Å². The van der Waals surface area contributed by atoms with Gasteiger partial charge in [0.15, 0.2) is 11.5 Å². The Bertz CT molecular complexity index is 1060. The van der Waals surface area contributed by atoms with Crippen molar-refractivity contribution < 1.29 is 14.2 Å². The Morgan fingerprint density at radius 1 is 0.667 bits per heavy atom. The van der Waals surface area contributed by atoms with Gasteiger partial charge in [-0.15, -0.1) is 0 Å². The van der Waals surface area contributed by atoms with Crippen LogP contribution in [0.1, 0.15) is 0 Å². The van der Waals surface area contributed by atoms with Crippen LogP contribution in [0.25, 0.3) is 33.3 Å². The highest BCUT2D eigenvalue weighted by Gasteiger charge is 2.16. The summed E-state index contributed by atoms with van der Waals surface area (Å²) in [6, 6.07) is 22.7. The highest BCUT2D eigenvalue weighted by molar-refractivity contribution is 5.98. The first-order valence-corrected chi connectivity index (χ1v) is 8.72. The van der Waals surface area contributed by atoms with Crippen LogP contribution in [0.4, 0.5) is 0 Å². The predicted octanol–water partition coefficient (Wildman–Crippen LogP) is 5.53. The highest BCUT2D eigenvalue weighted by atomic mass is 16.5. The average molecular weight is 359 g/mol. The molecule has 4 heteroatoms. The molecule has 3 aromatic carbocycles. The van der Waals surface area contributed by atoms with Crippen molar-refractivity contribution in [2.45, 2.75) is 0 Å². The maximum absolute atomic E-state index is 5.51. The largest absolute Gasteiger partial charge is 0.493 e. The number of ether oxygens (including phenoxy) is 3. The molecule has 1 N–H and O–H groups in total. The van der Waals surface area contributed by atoms with Crippen molar-refractivity contribution >= 4 is 10.9 Å². The van der Waals surface area contributed by atoms with Crippen molar-refractivity contribution in [1.82, 2.24) is 4.98 Å². The fourth-order valence-corrected chi connectivity index (χ4v) is 3.42. The van der Waals surface area contributed by atoms with Gasteiger partial charge in [-0.2, -0.15) is 0 Å². The van der Waals surface area contributed by atoms with E-state index in [4.69, 9.17) is 14.2 Å². The summed E-state index contributed by atoms with van der Waals surface area (Å²) < 4.78 is 16.5. The van der Waals surface area contributed by atoms with Gasteiger partial charge in [0.1, 0.15) is 0 Å². The minimum absolute atomic E-state index is 0.593. The van der Waals surface area contributed by atoms with Crippen LogP contribution in [0.5, 0.6) is 17.2 Å². The molecule has 0 radical (unpaired) electrons. The standard InChI is InChI=1S/C23H21NO3/c1-25-21-12-16(13-22(26-2)23(21)27-3)17-10-7-11-19-18(17)14-20(24-19)15-8-5-4-6-9-15/h4-14,24H,1-3H3. The van der Waals surface area contributed by atoms with Gasteiger partial charge in [0, 0.05) is 16.6 Å². The Kier molecular flexibility index (Phi) is 4.47. The van der Waals surface area contributed by atoms with Gasteiger partial charge in [-0.1, -0.05) is 42.5 Å². The summed E-state index contributed by atoms with van der Waals surface area (Å²) in [6.07, 6.45) is 0. The van der Waals surface area contributed by atoms with Crippen LogP contribution < -0.4 is 14.2 Å². The van der Waals surface area contributed by atoms with E-state index < -0.39 is 0 Å². The summed E-state index contributed by atoms with van der Waals surface area (Å²) >= 11 is 0. The number of nitrogens with one attached hydrogen (secondary N) is 1. The highest BCUT2D eigenvalue weighted by Crippen LogP contribution is 2.43. The molecule has 27 heavy (non-hydrogen) atoms. The number of rotatable bonds is 5. The molecule has 0 fully saturated rings. The maximum Gasteiger partial charge on any atom is 0.203 e. The number of aromatic nitrogens is 1. The van der Waals surface area contributed by atoms with E-state index in [1.54, 1.807) is 21.3 Å². The minimum Gasteiger partial charge on any atom is -0.493 e. The van der Waals surface area contributed by atoms with Crippen LogP contribution in [-0.2, 0) is 0 Å². The maximum atomic E-state index is 5.51. The topological polar surface area (TPSA) is 43.5 Å². The van der Waals surface area contributed by atoms with Crippen molar-refractivity contribution in [3.63, 3.8) is 0 Å². The fraction of sp³-hybridized carbons (Fsp3) is 0.130. The smallest absolute Gasteiger partial charge is 0.203 e. The van der Waals surface area contributed by atoms with E-state index in [1.165, 1.54) is 0 Å². The second-order valence-electron chi connectivity index (χ2n) is 6.23. The predicted molar refractivity (Wildman–Crippen MR) is 109 cm³/mol. The van der Waals surface area contributed by atoms with E-state index in [-0.39, 0.29) is 0 Å². The number of hydrogen-bond donors (Lipinski definition) is 1. The lowest BCUT2D eigenvalue weighted by Gasteiger charge is -2.14. The van der Waals surface area contributed by atoms with Crippen molar-refractivity contribution in [1.29, 1.82) is 0 Å². The van der Waals surface area contributed by atoms with E-state index in [0.29, 0.717) is 17.2 Å². The molecule has 0 saturated heterocycles. The molecule has 0 unspecified atom stereocenters. The third kappa shape index (κ3) is 2.99. The van der Waals surface area contributed by atoms with E-state index in [2.05, 4.69) is 35.3 Å². The molecule has 4 nitrogen and oxygen atoms in total. The van der Waals surface area contributed by atoms with Gasteiger partial charge in [-0.3, -0.25) is 0 Å². The molecule has 0 atom stereocenters. The molecule has 1 aromatic heterocycles. The summed E-state index contributed by atoms with van der Waals surface area (Å²) in [5.41, 5.74) is 5.44. The zero-order valence-corrected chi connectivity index (χ0v) is 15.6. The van der Waals surface area contributed by atoms with Crippen molar-refractivity contribution in [3.05, 3.63) is 66.7 Å². The Morgan fingerprint density at radius 3 is 2.00 bits per heavy atom. The van der Waals surface area contributed by atoms with Crippen LogP contribution in [-0.4, -0.2) is 26.3 Å². The van der Waals surface area contributed by atoms with Gasteiger partial charge in [0.2, 0.25) is 5.75 Å². The molecule has 0 saturated carbocycles. The lowest BCUT2D eigenvalue weighted by atomic mass is 10.00. The molecule has 0 bridgehead atoms. The second kappa shape index (κ2) is 7.08. The van der Waals surface area contributed by atoms with Crippen molar-refractivity contribution in [2.24, 2.45) is 0 Å². The number of aromatic amines is 1. The Morgan fingerprint density at radius 2 is 1.37 bits per heavy atom. The van der Waals surface area contributed by atoms with E-state index in [9.17, 15) is 0 Å². The molecule has 4 rings (SSSR count). The number of benzene rings is 3. The van der Waals surface area contributed by atoms with E-state index >= 15 is 0 Å². The fourth-order valence-electron chi connectivity index (χ4n) is 3.42. The summed E-state index contributed by atoms with van der Waals surface area (Å²) in [5.74, 6) is 1.88. The summed E-state index contributed by atoms with van der Waals surface area (Å²) in [6.45, 7) is 0. The molecule has 0 aliphatic rings. The van der Waals surface area contributed by atoms with E-state index in [1.807, 2.05) is 36.4 Å². The number of H-pyrrole nitrogens is 1. The minimum atomic E-state index is 0.593. The molecule has 4 aromatic rings. The van der Waals surface area contributed by atoms with Gasteiger partial charge < -0.3 is 19.2 Å². The number of hydrogen-bond acceptors (Lipinski definition) is 3. The number of methoxy groups -OCH3 is 3. The average Bonchev–Trinajstić information content (AvgIpc) is 3.17. The Labute approximate surface area is 158 Å². The SMILES string of the molecule is COc1cc(-c2cccc3[nH]c(-c4ccccc4)cc23)cc(OC)c1OC. The quantitative estimate of drug-likeness (QED) is 0.510. The van der Waals surface area contributed by atoms with Gasteiger partial charge in [-0.25, -0.2) is 0 Å². The van der Waals surface area contributed by atoms with Gasteiger partial charge >= 0.3 is 0 Å². The second-order valence-corrected chi connectivity index (χ2v) is 6.23. The van der Waals surface area contributed by atoms with Gasteiger partial charge in [0.25, 0.3) is 0 Å². The molecule has 0 amide bonds. The molecule has 0 spiro atoms. The Hall–Kier alpha value is -3.40. The monoisotopic (exact) mass is 359 g/mol. The van der Waals surface area contributed by atoms with Crippen LogP contribution >= 0.6 is 0 Å². The molecular formula is C23H21NO3. The molecular weight excluding hydrogens is 338 g/mol. The first-order chi connectivity index (χ1) is 13.2. The van der Waals surface area contributed by atoms with Crippen molar-refractivity contribution in [3.8, 4) is 39.6 Å².